The Labute approximate surface area is 393 Å². The first kappa shape index (κ1) is 47.0. The monoisotopic (exact) mass is 958 g/mol. The maximum Gasteiger partial charge on any atom is 0.407 e. The van der Waals surface area contributed by atoms with E-state index in [2.05, 4.69) is 36.4 Å². The Bertz CT molecular complexity index is 2700. The first-order chi connectivity index (χ1) is 32.9. The Morgan fingerprint density at radius 2 is 1.62 bits per heavy atom. The van der Waals surface area contributed by atoms with Crippen LogP contribution in [0.15, 0.2) is 42.9 Å². The number of piperidine rings is 3. The fourth-order valence-corrected chi connectivity index (χ4v) is 9.90. The van der Waals surface area contributed by atoms with Gasteiger partial charge in [-0.1, -0.05) is 0 Å². The summed E-state index contributed by atoms with van der Waals surface area (Å²) in [5, 5.41) is 19.0. The first-order valence-electron chi connectivity index (χ1n) is 23.2. The van der Waals surface area contributed by atoms with Gasteiger partial charge in [0.05, 0.1) is 41.6 Å². The van der Waals surface area contributed by atoms with E-state index in [-0.39, 0.29) is 84.3 Å². The molecule has 7 heterocycles. The topological polar surface area (TPSA) is 235 Å². The van der Waals surface area contributed by atoms with E-state index in [1.165, 1.54) is 21.6 Å². The van der Waals surface area contributed by atoms with E-state index in [0.29, 0.717) is 63.1 Å². The van der Waals surface area contributed by atoms with Crippen molar-refractivity contribution in [3.05, 3.63) is 65.2 Å². The number of anilines is 3. The lowest BCUT2D eigenvalue weighted by Crippen LogP contribution is -2.54. The fourth-order valence-electron chi connectivity index (χ4n) is 9.90. The minimum absolute atomic E-state index is 0.0105. The van der Waals surface area contributed by atoms with Crippen LogP contribution in [0.4, 0.5) is 35.2 Å². The third kappa shape index (κ3) is 9.94. The summed E-state index contributed by atoms with van der Waals surface area (Å²) in [7, 11) is 0. The SMILES string of the molecule is CC(C)(C)OC(=O)N[C@@H]1C[C@@H](F)CN(c2ccn3ncc(C(=O)Nc4cn(C5CCC(NC(=O)C6CCN(c7ccc8c(c7)C(=O)N(C7CCC(=O)NC7=O)C8=O)CC6)CC5)nc4C(F)F)c3n2)C1. The number of nitrogens with zero attached hydrogens (tertiary/aromatic N) is 8. The normalized spacial score (nSPS) is 23.6. The van der Waals surface area contributed by atoms with Gasteiger partial charge in [-0.25, -0.2) is 27.5 Å². The van der Waals surface area contributed by atoms with Crippen LogP contribution in [-0.4, -0.2) is 127 Å². The molecule has 4 fully saturated rings. The molecule has 3 atom stereocenters. The largest absolute Gasteiger partial charge is 0.444 e. The summed E-state index contributed by atoms with van der Waals surface area (Å²) in [5.41, 5.74) is -0.315. The molecule has 1 unspecified atom stereocenters. The Kier molecular flexibility index (Phi) is 12.8. The molecule has 0 radical (unpaired) electrons. The van der Waals surface area contributed by atoms with Gasteiger partial charge in [0, 0.05) is 62.5 Å². The minimum atomic E-state index is -3.00. The highest BCUT2D eigenvalue weighted by molar-refractivity contribution is 6.23. The second-order valence-corrected chi connectivity index (χ2v) is 19.3. The molecule has 0 spiro atoms. The molecule has 1 saturated carbocycles. The molecule has 7 amide bonds. The summed E-state index contributed by atoms with van der Waals surface area (Å²) in [6.07, 6.45) is 2.72. The molecule has 366 valence electrons. The molecular weight excluding hydrogens is 906 g/mol. The van der Waals surface area contributed by atoms with Crippen LogP contribution in [0.2, 0.25) is 0 Å². The minimum Gasteiger partial charge on any atom is -0.444 e. The fraction of sp³-hybridized carbons (Fsp3) is 0.522. The zero-order chi connectivity index (χ0) is 48.9. The highest BCUT2D eigenvalue weighted by atomic mass is 19.3. The van der Waals surface area contributed by atoms with E-state index in [0.717, 1.165) is 4.90 Å². The van der Waals surface area contributed by atoms with Gasteiger partial charge >= 0.3 is 6.09 Å². The second kappa shape index (κ2) is 18.8. The van der Waals surface area contributed by atoms with Crippen LogP contribution in [-0.2, 0) is 19.1 Å². The molecule has 3 saturated heterocycles. The predicted molar refractivity (Wildman–Crippen MR) is 240 cm³/mol. The number of imide groups is 2. The number of aromatic nitrogens is 5. The number of alkyl carbamates (subject to hydrolysis) is 1. The van der Waals surface area contributed by atoms with Crippen LogP contribution < -0.4 is 31.1 Å². The number of hydrogen-bond acceptors (Lipinski definition) is 13. The number of amides is 7. The van der Waals surface area contributed by atoms with Gasteiger partial charge in [0.25, 0.3) is 24.1 Å². The van der Waals surface area contributed by atoms with E-state index in [9.17, 15) is 46.7 Å². The molecule has 1 aromatic carbocycles. The van der Waals surface area contributed by atoms with Gasteiger partial charge in [-0.15, -0.1) is 0 Å². The number of nitrogens with one attached hydrogen (secondary N) is 4. The highest BCUT2D eigenvalue weighted by Crippen LogP contribution is 2.35. The number of carbonyl (C=O) groups excluding carboxylic acids is 7. The molecule has 4 aromatic rings. The molecule has 69 heavy (non-hydrogen) atoms. The van der Waals surface area contributed by atoms with Crippen LogP contribution in [0, 0.1) is 5.92 Å². The number of alkyl halides is 3. The summed E-state index contributed by atoms with van der Waals surface area (Å²) in [6, 6.07) is 4.52. The zero-order valence-corrected chi connectivity index (χ0v) is 38.3. The van der Waals surface area contributed by atoms with E-state index < -0.39 is 71.6 Å². The van der Waals surface area contributed by atoms with Gasteiger partial charge in [-0.3, -0.25) is 43.7 Å². The van der Waals surface area contributed by atoms with Crippen LogP contribution >= 0.6 is 0 Å². The number of halogens is 3. The quantitative estimate of drug-likeness (QED) is 0.161. The Balaban J connectivity index is 0.773. The number of fused-ring (bicyclic) bond motifs is 2. The molecule has 3 aromatic heterocycles. The van der Waals surface area contributed by atoms with Crippen molar-refractivity contribution in [2.24, 2.45) is 5.92 Å². The summed E-state index contributed by atoms with van der Waals surface area (Å²) >= 11 is 0. The first-order valence-corrected chi connectivity index (χ1v) is 23.2. The Morgan fingerprint density at radius 3 is 2.33 bits per heavy atom. The molecule has 1 aliphatic carbocycles. The van der Waals surface area contributed by atoms with E-state index in [1.807, 2.05) is 4.90 Å². The highest BCUT2D eigenvalue weighted by Gasteiger charge is 2.45. The van der Waals surface area contributed by atoms with Gasteiger partial charge in [0.2, 0.25) is 17.7 Å². The summed E-state index contributed by atoms with van der Waals surface area (Å²) < 4.78 is 51.9. The summed E-state index contributed by atoms with van der Waals surface area (Å²) in [4.78, 5) is 99.4. The van der Waals surface area contributed by atoms with Gasteiger partial charge in [-0.05, 0) is 90.0 Å². The maximum atomic E-state index is 14.9. The van der Waals surface area contributed by atoms with Crippen molar-refractivity contribution in [3.63, 3.8) is 0 Å². The van der Waals surface area contributed by atoms with Crippen LogP contribution in [0.3, 0.4) is 0 Å². The zero-order valence-electron chi connectivity index (χ0n) is 38.3. The second-order valence-electron chi connectivity index (χ2n) is 19.3. The average Bonchev–Trinajstić information content (AvgIpc) is 3.99. The number of ether oxygens (including phenoxy) is 1. The predicted octanol–water partition coefficient (Wildman–Crippen LogP) is 4.47. The van der Waals surface area contributed by atoms with Crippen molar-refractivity contribution in [1.82, 2.24) is 45.2 Å². The van der Waals surface area contributed by atoms with E-state index in [1.54, 1.807) is 56.1 Å². The van der Waals surface area contributed by atoms with Gasteiger partial charge in [0.15, 0.2) is 11.3 Å². The summed E-state index contributed by atoms with van der Waals surface area (Å²) in [6.45, 7) is 6.44. The summed E-state index contributed by atoms with van der Waals surface area (Å²) in [5.74, 6) is -3.04. The number of hydrogen-bond donors (Lipinski definition) is 4. The van der Waals surface area contributed by atoms with Crippen molar-refractivity contribution >= 4 is 64.4 Å². The molecule has 5 aliphatic rings. The van der Waals surface area contributed by atoms with Crippen LogP contribution in [0.25, 0.3) is 5.65 Å². The molecule has 4 aliphatic heterocycles. The molecule has 4 N–H and O–H groups in total. The van der Waals surface area contributed by atoms with E-state index >= 15 is 0 Å². The lowest BCUT2D eigenvalue weighted by molar-refractivity contribution is -0.136. The van der Waals surface area contributed by atoms with Crippen molar-refractivity contribution in [3.8, 4) is 0 Å². The third-order valence-corrected chi connectivity index (χ3v) is 13.3. The average molecular weight is 959 g/mol. The van der Waals surface area contributed by atoms with Gasteiger partial charge in [-0.2, -0.15) is 10.2 Å². The molecule has 23 heteroatoms. The molecule has 20 nitrogen and oxygen atoms in total. The van der Waals surface area contributed by atoms with Crippen molar-refractivity contribution in [1.29, 1.82) is 0 Å². The van der Waals surface area contributed by atoms with Crippen molar-refractivity contribution < 1.29 is 51.5 Å². The molecule has 0 bridgehead atoms. The van der Waals surface area contributed by atoms with Crippen molar-refractivity contribution in [2.45, 2.75) is 121 Å². The maximum absolute atomic E-state index is 14.9. The molecule has 9 rings (SSSR count). The number of carbonyl (C=O) groups is 7. The lowest BCUT2D eigenvalue weighted by atomic mass is 9.89. The van der Waals surface area contributed by atoms with Crippen LogP contribution in [0.5, 0.6) is 0 Å². The Hall–Kier alpha value is -7.07. The van der Waals surface area contributed by atoms with Gasteiger partial charge in [0.1, 0.15) is 29.2 Å². The molecular formula is C46H53F3N12O8. The number of rotatable bonds is 10. The third-order valence-electron chi connectivity index (χ3n) is 13.3. The lowest BCUT2D eigenvalue weighted by Gasteiger charge is -2.36. The smallest absolute Gasteiger partial charge is 0.407 e. The van der Waals surface area contributed by atoms with Crippen LogP contribution in [0.1, 0.15) is 128 Å². The number of benzene rings is 1. The Morgan fingerprint density at radius 1 is 0.884 bits per heavy atom. The standard InChI is InChI=1S/C46H53F3N12O8/c1-46(2,3)69-45(68)52-27-18-25(47)21-58(22-27)35-14-17-59-39(54-35)32(20-50-59)41(64)53-33-23-60(56-37(33)38(48)49)28-6-4-26(5-7-28)51-40(63)24-12-15-57(16-13-24)29-8-9-30-31(19-29)44(67)61(43(30)66)34-10-11-36(62)55-42(34)65/h8-9,14,17,19-20,23-28,34,38H,4-7,10-13,15-16,18,21-22H2,1-3H3,(H,51,63)(H,52,68)(H,53,64)(H,55,62,65)/t25-,26?,27-,28?,34?/m1/s1. The van der Waals surface area contributed by atoms with Crippen molar-refractivity contribution in [2.75, 3.05) is 41.3 Å². The van der Waals surface area contributed by atoms with E-state index in [4.69, 9.17) is 4.74 Å². The van der Waals surface area contributed by atoms with Gasteiger partial charge < -0.3 is 30.5 Å².